The first-order valence-corrected chi connectivity index (χ1v) is 9.00. The lowest BCUT2D eigenvalue weighted by molar-refractivity contribution is -0.343. The minimum absolute atomic E-state index is 0.162. The van der Waals surface area contributed by atoms with Crippen LogP contribution in [0.5, 0.6) is 0 Å². The second kappa shape index (κ2) is 9.57. The van der Waals surface area contributed by atoms with Crippen LogP contribution >= 0.6 is 0 Å². The number of hydrazone groups is 1. The Morgan fingerprint density at radius 3 is 1.97 bits per heavy atom. The van der Waals surface area contributed by atoms with Crippen molar-refractivity contribution in [2.24, 2.45) is 5.10 Å². The Labute approximate surface area is 182 Å². The molecule has 178 valence electrons. The van der Waals surface area contributed by atoms with Crippen molar-refractivity contribution in [1.82, 2.24) is 5.43 Å². The highest BCUT2D eigenvalue weighted by molar-refractivity contribution is 6.01. The number of hydrogen-bond acceptors (Lipinski definition) is 4. The minimum Gasteiger partial charge on any atom is -0.378 e. The van der Waals surface area contributed by atoms with Gasteiger partial charge in [-0.3, -0.25) is 9.59 Å². The predicted molar refractivity (Wildman–Crippen MR) is 103 cm³/mol. The summed E-state index contributed by atoms with van der Waals surface area (Å²) in [6, 6.07) is 12.2. The Morgan fingerprint density at radius 2 is 1.45 bits per heavy atom. The van der Waals surface area contributed by atoms with Crippen molar-refractivity contribution in [2.75, 3.05) is 5.32 Å². The summed E-state index contributed by atoms with van der Waals surface area (Å²) in [6.45, 7) is 1.42. The summed E-state index contributed by atoms with van der Waals surface area (Å²) in [6.07, 6.45) is -8.14. The first kappa shape index (κ1) is 25.8. The molecule has 0 saturated heterocycles. The molecule has 0 saturated carbocycles. The van der Waals surface area contributed by atoms with Crippen LogP contribution in [0.2, 0.25) is 0 Å². The van der Waals surface area contributed by atoms with Crippen molar-refractivity contribution in [1.29, 1.82) is 0 Å². The molecule has 0 fully saturated rings. The number of alkyl halides is 7. The Hall–Kier alpha value is -3.48. The molecule has 0 bridgehead atoms. The van der Waals surface area contributed by atoms with E-state index in [9.17, 15) is 45.4 Å². The zero-order chi connectivity index (χ0) is 25.0. The van der Waals surface area contributed by atoms with Gasteiger partial charge >= 0.3 is 23.9 Å². The van der Waals surface area contributed by atoms with Crippen LogP contribution in [0.4, 0.5) is 36.4 Å². The van der Waals surface area contributed by atoms with Gasteiger partial charge in [-0.05, 0) is 30.2 Å². The van der Waals surface area contributed by atoms with E-state index >= 15 is 0 Å². The largest absolute Gasteiger partial charge is 0.460 e. The number of carbonyl (C=O) groups excluding carboxylic acids is 2. The highest BCUT2D eigenvalue weighted by atomic mass is 19.4. The molecule has 1 atom stereocenters. The Balaban J connectivity index is 2.05. The average molecular weight is 479 g/mol. The maximum absolute atomic E-state index is 13.4. The third-order valence-electron chi connectivity index (χ3n) is 4.29. The van der Waals surface area contributed by atoms with Gasteiger partial charge in [0.15, 0.2) is 6.10 Å². The molecule has 0 unspecified atom stereocenters. The molecule has 2 aromatic rings. The van der Waals surface area contributed by atoms with Gasteiger partial charge in [0, 0.05) is 5.69 Å². The number of rotatable bonds is 7. The number of amides is 2. The van der Waals surface area contributed by atoms with Gasteiger partial charge in [0.05, 0.1) is 5.71 Å². The zero-order valence-electron chi connectivity index (χ0n) is 16.6. The van der Waals surface area contributed by atoms with E-state index in [1.807, 2.05) is 0 Å². The van der Waals surface area contributed by atoms with Crippen molar-refractivity contribution in [3.63, 3.8) is 0 Å². The Bertz CT molecular complexity index is 1020. The SMILES string of the molecule is C/C(=N/NC(=O)[C@@H](O)c1ccccc1)c1ccc(NC(=O)C(F)(F)C(F)(F)C(F)(F)F)cc1. The Kier molecular flexibility index (Phi) is 7.47. The lowest BCUT2D eigenvalue weighted by atomic mass is 10.1. The van der Waals surface area contributed by atoms with E-state index in [-0.39, 0.29) is 11.3 Å². The van der Waals surface area contributed by atoms with Crippen LogP contribution in [0, 0.1) is 0 Å². The number of nitrogens with zero attached hydrogens (tertiary/aromatic N) is 1. The summed E-state index contributed by atoms with van der Waals surface area (Å²) in [5.41, 5.74) is 2.38. The lowest BCUT2D eigenvalue weighted by Crippen LogP contribution is -2.57. The van der Waals surface area contributed by atoms with Crippen LogP contribution in [0.25, 0.3) is 0 Å². The number of nitrogens with one attached hydrogen (secondary N) is 2. The van der Waals surface area contributed by atoms with Gasteiger partial charge in [-0.15, -0.1) is 0 Å². The smallest absolute Gasteiger partial charge is 0.378 e. The molecule has 0 heterocycles. The fourth-order valence-corrected chi connectivity index (χ4v) is 2.38. The molecule has 2 aromatic carbocycles. The topological polar surface area (TPSA) is 90.8 Å². The summed E-state index contributed by atoms with van der Waals surface area (Å²) in [4.78, 5) is 23.3. The third kappa shape index (κ3) is 5.66. The van der Waals surface area contributed by atoms with Crippen LogP contribution < -0.4 is 10.7 Å². The van der Waals surface area contributed by atoms with Gasteiger partial charge in [0.25, 0.3) is 5.91 Å². The molecule has 33 heavy (non-hydrogen) atoms. The molecule has 0 aliphatic rings. The zero-order valence-corrected chi connectivity index (χ0v) is 16.6. The summed E-state index contributed by atoms with van der Waals surface area (Å²) in [5, 5.41) is 15.0. The van der Waals surface area contributed by atoms with Crippen molar-refractivity contribution in [3.05, 3.63) is 65.7 Å². The van der Waals surface area contributed by atoms with Crippen LogP contribution in [0.15, 0.2) is 59.7 Å². The van der Waals surface area contributed by atoms with Crippen LogP contribution in [0.3, 0.4) is 0 Å². The van der Waals surface area contributed by atoms with E-state index in [1.165, 1.54) is 36.5 Å². The van der Waals surface area contributed by atoms with Crippen molar-refractivity contribution in [3.8, 4) is 0 Å². The van der Waals surface area contributed by atoms with E-state index < -0.39 is 41.6 Å². The van der Waals surface area contributed by atoms with Gasteiger partial charge in [-0.25, -0.2) is 5.43 Å². The molecule has 6 nitrogen and oxygen atoms in total. The second-order valence-corrected chi connectivity index (χ2v) is 6.66. The van der Waals surface area contributed by atoms with Gasteiger partial charge in [-0.2, -0.15) is 35.8 Å². The van der Waals surface area contributed by atoms with E-state index in [0.29, 0.717) is 5.56 Å². The van der Waals surface area contributed by atoms with Gasteiger partial charge in [-0.1, -0.05) is 42.5 Å². The normalized spacial score (nSPS) is 13.9. The number of anilines is 1. The highest BCUT2D eigenvalue weighted by Gasteiger charge is 2.76. The van der Waals surface area contributed by atoms with Crippen molar-refractivity contribution < 1.29 is 45.4 Å². The van der Waals surface area contributed by atoms with Crippen LogP contribution in [0.1, 0.15) is 24.2 Å². The lowest BCUT2D eigenvalue weighted by Gasteiger charge is -2.27. The summed E-state index contributed by atoms with van der Waals surface area (Å²) in [7, 11) is 0. The van der Waals surface area contributed by atoms with Crippen molar-refractivity contribution in [2.45, 2.75) is 31.0 Å². The number of hydrogen-bond donors (Lipinski definition) is 3. The predicted octanol–water partition coefficient (Wildman–Crippen LogP) is 4.03. The first-order valence-electron chi connectivity index (χ1n) is 9.00. The quantitative estimate of drug-likeness (QED) is 0.318. The third-order valence-corrected chi connectivity index (χ3v) is 4.29. The fraction of sp³-hybridized carbons (Fsp3) is 0.250. The monoisotopic (exact) mass is 479 g/mol. The number of halogens is 7. The van der Waals surface area contributed by atoms with Gasteiger partial charge < -0.3 is 10.4 Å². The molecule has 0 radical (unpaired) electrons. The summed E-state index contributed by atoms with van der Waals surface area (Å²) < 4.78 is 89.2. The molecule has 0 aromatic heterocycles. The molecule has 2 amide bonds. The van der Waals surface area contributed by atoms with Crippen LogP contribution in [-0.4, -0.2) is 40.7 Å². The standard InChI is InChI=1S/C20H16F7N3O3/c1-11(29-30-16(32)15(31)13-5-3-2-4-6-13)12-7-9-14(10-8-12)28-17(33)18(21,22)19(23,24)20(25,26)27/h2-10,15,31H,1H3,(H,28,33)(H,30,32)/b29-11-/t15-/m0/s1. The maximum Gasteiger partial charge on any atom is 0.460 e. The van der Waals surface area contributed by atoms with E-state index in [0.717, 1.165) is 12.1 Å². The first-order chi connectivity index (χ1) is 15.2. The fourth-order valence-electron chi connectivity index (χ4n) is 2.38. The second-order valence-electron chi connectivity index (χ2n) is 6.66. The maximum atomic E-state index is 13.4. The van der Waals surface area contributed by atoms with E-state index in [4.69, 9.17) is 0 Å². The molecule has 2 rings (SSSR count). The van der Waals surface area contributed by atoms with Crippen molar-refractivity contribution >= 4 is 23.2 Å². The van der Waals surface area contributed by atoms with Crippen LogP contribution in [-0.2, 0) is 9.59 Å². The molecule has 0 aliphatic heterocycles. The molecule has 0 spiro atoms. The number of aliphatic hydroxyl groups is 1. The Morgan fingerprint density at radius 1 is 0.909 bits per heavy atom. The molecular weight excluding hydrogens is 463 g/mol. The molecule has 13 heteroatoms. The van der Waals surface area contributed by atoms with Gasteiger partial charge in [0.1, 0.15) is 0 Å². The molecular formula is C20H16F7N3O3. The highest BCUT2D eigenvalue weighted by Crippen LogP contribution is 2.46. The van der Waals surface area contributed by atoms with E-state index in [2.05, 4.69) is 10.5 Å². The number of aliphatic hydroxyl groups excluding tert-OH is 1. The van der Waals surface area contributed by atoms with Gasteiger partial charge in [0.2, 0.25) is 0 Å². The van der Waals surface area contributed by atoms with E-state index in [1.54, 1.807) is 18.2 Å². The molecule has 3 N–H and O–H groups in total. The minimum atomic E-state index is -6.64. The number of benzene rings is 2. The summed E-state index contributed by atoms with van der Waals surface area (Å²) >= 11 is 0. The summed E-state index contributed by atoms with van der Waals surface area (Å²) in [5.74, 6) is -16.3. The molecule has 0 aliphatic carbocycles. The number of carbonyl (C=O) groups is 2. The average Bonchev–Trinajstić information content (AvgIpc) is 2.76.